The fourth-order valence-electron chi connectivity index (χ4n) is 1.98. The first-order valence-electron chi connectivity index (χ1n) is 5.87. The van der Waals surface area contributed by atoms with Crippen molar-refractivity contribution in [1.29, 1.82) is 0 Å². The van der Waals surface area contributed by atoms with Crippen molar-refractivity contribution in [3.05, 3.63) is 23.2 Å². The molecule has 1 aliphatic rings. The van der Waals surface area contributed by atoms with Crippen molar-refractivity contribution >= 4 is 27.3 Å². The number of nitrogens with two attached hydrogens (primary N) is 1. The van der Waals surface area contributed by atoms with Gasteiger partial charge in [-0.1, -0.05) is 11.6 Å². The molecule has 4 nitrogen and oxygen atoms in total. The van der Waals surface area contributed by atoms with Crippen LogP contribution in [0.15, 0.2) is 23.1 Å². The van der Waals surface area contributed by atoms with Crippen LogP contribution in [0.3, 0.4) is 0 Å². The van der Waals surface area contributed by atoms with Crippen molar-refractivity contribution < 1.29 is 8.42 Å². The summed E-state index contributed by atoms with van der Waals surface area (Å²) in [6.07, 6.45) is 2.19. The summed E-state index contributed by atoms with van der Waals surface area (Å²) in [5.41, 5.74) is 6.03. The monoisotopic (exact) mass is 288 g/mol. The van der Waals surface area contributed by atoms with E-state index in [9.17, 15) is 8.42 Å². The fourth-order valence-corrected chi connectivity index (χ4v) is 3.92. The van der Waals surface area contributed by atoms with Crippen molar-refractivity contribution in [2.24, 2.45) is 5.92 Å². The van der Waals surface area contributed by atoms with Crippen LogP contribution in [0, 0.1) is 5.92 Å². The van der Waals surface area contributed by atoms with Crippen LogP contribution in [0.1, 0.15) is 19.8 Å². The van der Waals surface area contributed by atoms with E-state index in [0.29, 0.717) is 11.6 Å². The van der Waals surface area contributed by atoms with Gasteiger partial charge in [0.25, 0.3) is 0 Å². The molecule has 0 bridgehead atoms. The van der Waals surface area contributed by atoms with Crippen LogP contribution in [0.5, 0.6) is 0 Å². The lowest BCUT2D eigenvalue weighted by molar-refractivity contribution is 0.357. The number of anilines is 1. The molecule has 18 heavy (non-hydrogen) atoms. The van der Waals surface area contributed by atoms with Crippen LogP contribution in [0.2, 0.25) is 5.02 Å². The Labute approximate surface area is 113 Å². The third-order valence-electron chi connectivity index (χ3n) is 3.49. The molecule has 1 atom stereocenters. The number of hydrogen-bond donors (Lipinski definition) is 1. The van der Waals surface area contributed by atoms with Gasteiger partial charge in [0.05, 0.1) is 5.02 Å². The average Bonchev–Trinajstić information content (AvgIpc) is 3.10. The Kier molecular flexibility index (Phi) is 3.58. The summed E-state index contributed by atoms with van der Waals surface area (Å²) < 4.78 is 26.3. The molecule has 0 saturated heterocycles. The lowest BCUT2D eigenvalue weighted by Crippen LogP contribution is -2.36. The normalized spacial score (nSPS) is 18.0. The Morgan fingerprint density at radius 2 is 2.06 bits per heavy atom. The van der Waals surface area contributed by atoms with Gasteiger partial charge in [-0.05, 0) is 43.9 Å². The van der Waals surface area contributed by atoms with Gasteiger partial charge in [-0.3, -0.25) is 0 Å². The molecule has 2 rings (SSSR count). The van der Waals surface area contributed by atoms with E-state index in [2.05, 4.69) is 0 Å². The number of hydrogen-bond acceptors (Lipinski definition) is 3. The Hall–Kier alpha value is -0.780. The summed E-state index contributed by atoms with van der Waals surface area (Å²) in [4.78, 5) is 0.119. The first-order valence-corrected chi connectivity index (χ1v) is 7.69. The predicted molar refractivity (Wildman–Crippen MR) is 73.0 cm³/mol. The van der Waals surface area contributed by atoms with E-state index in [1.807, 2.05) is 6.92 Å². The number of benzene rings is 1. The number of nitrogen functional groups attached to an aromatic ring is 1. The average molecular weight is 289 g/mol. The molecule has 1 saturated carbocycles. The fraction of sp³-hybridized carbons (Fsp3) is 0.500. The largest absolute Gasteiger partial charge is 0.399 e. The molecule has 1 aromatic carbocycles. The topological polar surface area (TPSA) is 63.4 Å². The predicted octanol–water partition coefficient (Wildman–Crippen LogP) is 2.34. The minimum Gasteiger partial charge on any atom is -0.399 e. The summed E-state index contributed by atoms with van der Waals surface area (Å²) in [5.74, 6) is 0.470. The Balaban J connectivity index is 2.34. The molecule has 0 radical (unpaired) electrons. The Morgan fingerprint density at radius 1 is 1.44 bits per heavy atom. The summed E-state index contributed by atoms with van der Waals surface area (Å²) in [5, 5.41) is 0.171. The third-order valence-corrected chi connectivity index (χ3v) is 5.92. The molecule has 100 valence electrons. The van der Waals surface area contributed by atoms with Gasteiger partial charge in [-0.25, -0.2) is 8.42 Å². The second-order valence-electron chi connectivity index (χ2n) is 4.79. The molecule has 1 fully saturated rings. The summed E-state index contributed by atoms with van der Waals surface area (Å²) >= 11 is 5.97. The Bertz CT molecular complexity index is 555. The summed E-state index contributed by atoms with van der Waals surface area (Å²) in [6, 6.07) is 4.48. The van der Waals surface area contributed by atoms with Gasteiger partial charge in [-0.15, -0.1) is 0 Å². The molecule has 6 heteroatoms. The van der Waals surface area contributed by atoms with E-state index in [1.165, 1.54) is 16.4 Å². The minimum absolute atomic E-state index is 0.00335. The van der Waals surface area contributed by atoms with Crippen LogP contribution in [-0.4, -0.2) is 25.8 Å². The zero-order valence-electron chi connectivity index (χ0n) is 10.4. The van der Waals surface area contributed by atoms with Gasteiger partial charge in [0, 0.05) is 18.8 Å². The number of rotatable bonds is 4. The molecule has 1 aromatic rings. The van der Waals surface area contributed by atoms with E-state index < -0.39 is 10.0 Å². The van der Waals surface area contributed by atoms with Crippen molar-refractivity contribution in [1.82, 2.24) is 4.31 Å². The van der Waals surface area contributed by atoms with Gasteiger partial charge in [0.1, 0.15) is 4.90 Å². The van der Waals surface area contributed by atoms with Gasteiger partial charge >= 0.3 is 0 Å². The maximum absolute atomic E-state index is 12.4. The third kappa shape index (κ3) is 2.48. The van der Waals surface area contributed by atoms with Crippen LogP contribution < -0.4 is 5.73 Å². The molecule has 1 unspecified atom stereocenters. The highest BCUT2D eigenvalue weighted by atomic mass is 35.5. The van der Waals surface area contributed by atoms with E-state index in [0.717, 1.165) is 12.8 Å². The maximum Gasteiger partial charge on any atom is 0.244 e. The number of halogens is 1. The van der Waals surface area contributed by atoms with E-state index in [1.54, 1.807) is 13.1 Å². The van der Waals surface area contributed by atoms with Crippen molar-refractivity contribution in [2.75, 3.05) is 12.8 Å². The van der Waals surface area contributed by atoms with Crippen LogP contribution in [0.4, 0.5) is 5.69 Å². The van der Waals surface area contributed by atoms with Crippen molar-refractivity contribution in [2.45, 2.75) is 30.7 Å². The summed E-state index contributed by atoms with van der Waals surface area (Å²) in [7, 11) is -1.94. The first-order chi connectivity index (χ1) is 8.34. The van der Waals surface area contributed by atoms with Crippen molar-refractivity contribution in [3.63, 3.8) is 0 Å². The number of nitrogens with zero attached hydrogens (tertiary/aromatic N) is 1. The van der Waals surface area contributed by atoms with E-state index >= 15 is 0 Å². The van der Waals surface area contributed by atoms with Crippen LogP contribution in [0.25, 0.3) is 0 Å². The molecule has 0 amide bonds. The smallest absolute Gasteiger partial charge is 0.244 e. The zero-order chi connectivity index (χ0) is 13.5. The first kappa shape index (κ1) is 13.6. The van der Waals surface area contributed by atoms with Crippen LogP contribution in [-0.2, 0) is 10.0 Å². The van der Waals surface area contributed by atoms with Gasteiger partial charge < -0.3 is 5.73 Å². The van der Waals surface area contributed by atoms with E-state index in [-0.39, 0.29) is 16.0 Å². The maximum atomic E-state index is 12.4. The van der Waals surface area contributed by atoms with Gasteiger partial charge in [0.2, 0.25) is 10.0 Å². The highest BCUT2D eigenvalue weighted by molar-refractivity contribution is 7.89. The summed E-state index contributed by atoms with van der Waals surface area (Å²) in [6.45, 7) is 1.93. The second-order valence-corrected chi connectivity index (χ2v) is 7.16. The second kappa shape index (κ2) is 4.72. The molecular formula is C12H17ClN2O2S. The Morgan fingerprint density at radius 3 is 2.56 bits per heavy atom. The van der Waals surface area contributed by atoms with E-state index in [4.69, 9.17) is 17.3 Å². The zero-order valence-corrected chi connectivity index (χ0v) is 12.0. The standard InChI is InChI=1S/C12H17ClN2O2S/c1-8(9-3-4-9)15(2)18(16,17)12-6-5-10(14)7-11(12)13/h5-9H,3-4,14H2,1-2H3. The quantitative estimate of drug-likeness (QED) is 0.865. The van der Waals surface area contributed by atoms with Crippen LogP contribution >= 0.6 is 11.6 Å². The molecular weight excluding hydrogens is 272 g/mol. The van der Waals surface area contributed by atoms with Gasteiger partial charge in [-0.2, -0.15) is 4.31 Å². The molecule has 2 N–H and O–H groups in total. The lowest BCUT2D eigenvalue weighted by atomic mass is 10.2. The van der Waals surface area contributed by atoms with Gasteiger partial charge in [0.15, 0.2) is 0 Å². The number of sulfonamides is 1. The van der Waals surface area contributed by atoms with Crippen molar-refractivity contribution in [3.8, 4) is 0 Å². The molecule has 1 aliphatic carbocycles. The SMILES string of the molecule is CC(C1CC1)N(C)S(=O)(=O)c1ccc(N)cc1Cl. The molecule has 0 heterocycles. The molecule has 0 spiro atoms. The molecule has 0 aliphatic heterocycles. The highest BCUT2D eigenvalue weighted by Crippen LogP contribution is 2.37. The highest BCUT2D eigenvalue weighted by Gasteiger charge is 2.36. The molecule has 0 aromatic heterocycles. The minimum atomic E-state index is -3.54. The lowest BCUT2D eigenvalue weighted by Gasteiger charge is -2.24.